The Kier molecular flexibility index (Phi) is 7.55. The summed E-state index contributed by atoms with van der Waals surface area (Å²) in [5.41, 5.74) is 17.0. The van der Waals surface area contributed by atoms with Crippen molar-refractivity contribution in [2.75, 3.05) is 4.90 Å². The molecule has 0 amide bonds. The van der Waals surface area contributed by atoms with Crippen LogP contribution in [0.15, 0.2) is 206 Å². The quantitative estimate of drug-likeness (QED) is 0.165. The van der Waals surface area contributed by atoms with Crippen LogP contribution >= 0.6 is 0 Å². The van der Waals surface area contributed by atoms with Crippen LogP contribution in [0, 0.1) is 0 Å². The summed E-state index contributed by atoms with van der Waals surface area (Å²) in [6, 6.07) is 75.6. The van der Waals surface area contributed by atoms with E-state index >= 15 is 0 Å². The average Bonchev–Trinajstić information content (AvgIpc) is 3.71. The van der Waals surface area contributed by atoms with Crippen LogP contribution in [-0.4, -0.2) is 4.57 Å². The molecule has 1 heterocycles. The topological polar surface area (TPSA) is 8.17 Å². The van der Waals surface area contributed by atoms with Crippen molar-refractivity contribution < 1.29 is 0 Å². The lowest BCUT2D eigenvalue weighted by atomic mass is 9.82. The molecule has 0 aliphatic heterocycles. The molecule has 10 aromatic rings. The van der Waals surface area contributed by atoms with Gasteiger partial charge in [0.2, 0.25) is 0 Å². The van der Waals surface area contributed by atoms with Gasteiger partial charge in [-0.2, -0.15) is 0 Å². The molecule has 2 heteroatoms. The molecule has 57 heavy (non-hydrogen) atoms. The van der Waals surface area contributed by atoms with Crippen LogP contribution in [0.25, 0.3) is 71.6 Å². The van der Waals surface area contributed by atoms with Gasteiger partial charge < -0.3 is 9.47 Å². The maximum atomic E-state index is 2.47. The van der Waals surface area contributed by atoms with Crippen LogP contribution in [0.2, 0.25) is 0 Å². The van der Waals surface area contributed by atoms with Gasteiger partial charge in [0, 0.05) is 38.6 Å². The number of rotatable bonds is 6. The minimum atomic E-state index is -0.225. The van der Waals surface area contributed by atoms with E-state index in [-0.39, 0.29) is 5.41 Å². The summed E-state index contributed by atoms with van der Waals surface area (Å²) in [4.78, 5) is 2.42. The first kappa shape index (κ1) is 33.2. The van der Waals surface area contributed by atoms with Crippen LogP contribution < -0.4 is 4.90 Å². The number of benzene rings is 9. The third-order valence-electron chi connectivity index (χ3n) is 12.2. The molecular weight excluding hydrogens is 689 g/mol. The van der Waals surface area contributed by atoms with Gasteiger partial charge in [0.1, 0.15) is 0 Å². The molecule has 1 aliphatic rings. The van der Waals surface area contributed by atoms with E-state index in [4.69, 9.17) is 0 Å². The van der Waals surface area contributed by atoms with E-state index in [0.29, 0.717) is 0 Å². The molecule has 0 N–H and O–H groups in total. The first-order chi connectivity index (χ1) is 28.0. The zero-order chi connectivity index (χ0) is 38.1. The van der Waals surface area contributed by atoms with E-state index in [2.05, 4.69) is 230 Å². The Morgan fingerprint density at radius 1 is 0.386 bits per heavy atom. The van der Waals surface area contributed by atoms with Crippen molar-refractivity contribution >= 4 is 49.6 Å². The van der Waals surface area contributed by atoms with E-state index < -0.39 is 0 Å². The lowest BCUT2D eigenvalue weighted by Gasteiger charge is -2.29. The first-order valence-corrected chi connectivity index (χ1v) is 19.8. The predicted molar refractivity (Wildman–Crippen MR) is 241 cm³/mol. The zero-order valence-corrected chi connectivity index (χ0v) is 32.0. The number of hydrogen-bond acceptors (Lipinski definition) is 1. The first-order valence-electron chi connectivity index (χ1n) is 19.8. The smallest absolute Gasteiger partial charge is 0.0541 e. The second kappa shape index (κ2) is 13.0. The number of para-hydroxylation sites is 1. The number of fused-ring (bicyclic) bond motifs is 7. The summed E-state index contributed by atoms with van der Waals surface area (Å²) in [6.07, 6.45) is 0. The monoisotopic (exact) mass is 728 g/mol. The summed E-state index contributed by atoms with van der Waals surface area (Å²) in [7, 11) is 0. The third kappa shape index (κ3) is 5.33. The number of nitrogens with zero attached hydrogens (tertiary/aromatic N) is 2. The summed E-state index contributed by atoms with van der Waals surface area (Å²) in [6.45, 7) is 4.78. The Labute approximate surface area is 333 Å². The van der Waals surface area contributed by atoms with Crippen molar-refractivity contribution in [3.8, 4) is 39.1 Å². The second-order valence-corrected chi connectivity index (χ2v) is 15.8. The number of anilines is 3. The predicted octanol–water partition coefficient (Wildman–Crippen LogP) is 15.0. The molecule has 9 aromatic carbocycles. The molecule has 0 saturated carbocycles. The van der Waals surface area contributed by atoms with E-state index in [1.807, 2.05) is 0 Å². The van der Waals surface area contributed by atoms with Crippen LogP contribution in [-0.2, 0) is 5.41 Å². The fraction of sp³-hybridized carbons (Fsp3) is 0.0545. The minimum Gasteiger partial charge on any atom is -0.310 e. The minimum absolute atomic E-state index is 0.225. The van der Waals surface area contributed by atoms with E-state index in [1.165, 1.54) is 88.5 Å². The fourth-order valence-corrected chi connectivity index (χ4v) is 9.32. The molecule has 1 aliphatic carbocycles. The summed E-state index contributed by atoms with van der Waals surface area (Å²) >= 11 is 0. The third-order valence-corrected chi connectivity index (χ3v) is 12.2. The molecule has 0 spiro atoms. The van der Waals surface area contributed by atoms with Gasteiger partial charge in [-0.3, -0.25) is 0 Å². The number of aromatic nitrogens is 1. The highest BCUT2D eigenvalue weighted by molar-refractivity contribution is 6.12. The molecule has 0 fully saturated rings. The van der Waals surface area contributed by atoms with Crippen molar-refractivity contribution in [1.29, 1.82) is 0 Å². The lowest BCUT2D eigenvalue weighted by molar-refractivity contribution is 0.660. The number of hydrogen-bond donors (Lipinski definition) is 0. The second-order valence-electron chi connectivity index (χ2n) is 15.8. The van der Waals surface area contributed by atoms with Crippen molar-refractivity contribution in [2.24, 2.45) is 0 Å². The van der Waals surface area contributed by atoms with Gasteiger partial charge in [0.15, 0.2) is 0 Å². The Morgan fingerprint density at radius 3 is 1.58 bits per heavy atom. The molecule has 2 nitrogen and oxygen atoms in total. The van der Waals surface area contributed by atoms with Gasteiger partial charge in [-0.05, 0) is 117 Å². The van der Waals surface area contributed by atoms with Crippen LogP contribution in [0.4, 0.5) is 17.1 Å². The maximum absolute atomic E-state index is 2.47. The zero-order valence-electron chi connectivity index (χ0n) is 32.0. The molecular formula is C55H40N2. The van der Waals surface area contributed by atoms with E-state index in [0.717, 1.165) is 11.4 Å². The fourth-order valence-electron chi connectivity index (χ4n) is 9.32. The summed E-state index contributed by atoms with van der Waals surface area (Å²) in [5, 5.41) is 4.97. The highest BCUT2D eigenvalue weighted by Crippen LogP contribution is 2.52. The van der Waals surface area contributed by atoms with Gasteiger partial charge in [0.05, 0.1) is 16.7 Å². The molecule has 11 rings (SSSR count). The SMILES string of the molecule is CC1(C)c2cc(N(c3ccccc3)c3cccc4ccccc34)ccc2-c2ccc(-n3c4ccc(-c5ccccc5)cc4c4cc(-c5ccccc5)ccc43)cc21. The van der Waals surface area contributed by atoms with Crippen molar-refractivity contribution in [3.05, 3.63) is 217 Å². The molecule has 0 unspecified atom stereocenters. The van der Waals surface area contributed by atoms with Crippen molar-refractivity contribution in [3.63, 3.8) is 0 Å². The molecule has 270 valence electrons. The molecule has 0 atom stereocenters. The highest BCUT2D eigenvalue weighted by Gasteiger charge is 2.36. The van der Waals surface area contributed by atoms with Gasteiger partial charge in [-0.1, -0.05) is 153 Å². The van der Waals surface area contributed by atoms with Crippen LogP contribution in [0.3, 0.4) is 0 Å². The Balaban J connectivity index is 1.06. The summed E-state index contributed by atoms with van der Waals surface area (Å²) in [5.74, 6) is 0. The average molecular weight is 729 g/mol. The van der Waals surface area contributed by atoms with Gasteiger partial charge in [-0.15, -0.1) is 0 Å². The Bertz CT molecular complexity index is 3040. The van der Waals surface area contributed by atoms with E-state index in [9.17, 15) is 0 Å². The normalized spacial score (nSPS) is 12.9. The maximum Gasteiger partial charge on any atom is 0.0541 e. The van der Waals surface area contributed by atoms with Crippen LogP contribution in [0.1, 0.15) is 25.0 Å². The standard InChI is InChI=1S/C55H40N2/c1-55(2)50-35-43(56(42-21-10-5-11-22-42)52-24-14-20-39-19-12-13-23-45(39)52)27-29-46(50)47-30-28-44(36-51(47)55)57-53-31-25-40(37-15-6-3-7-16-37)33-48(53)49-34-41(26-32-54(49)57)38-17-8-4-9-18-38/h3-36H,1-2H3. The Morgan fingerprint density at radius 2 is 0.930 bits per heavy atom. The van der Waals surface area contributed by atoms with Gasteiger partial charge >= 0.3 is 0 Å². The molecule has 0 saturated heterocycles. The summed E-state index contributed by atoms with van der Waals surface area (Å²) < 4.78 is 2.47. The molecule has 0 radical (unpaired) electrons. The van der Waals surface area contributed by atoms with Crippen LogP contribution in [0.5, 0.6) is 0 Å². The van der Waals surface area contributed by atoms with Gasteiger partial charge in [0.25, 0.3) is 0 Å². The van der Waals surface area contributed by atoms with E-state index in [1.54, 1.807) is 0 Å². The highest BCUT2D eigenvalue weighted by atomic mass is 15.1. The van der Waals surface area contributed by atoms with Crippen molar-refractivity contribution in [2.45, 2.75) is 19.3 Å². The largest absolute Gasteiger partial charge is 0.310 e. The lowest BCUT2D eigenvalue weighted by Crippen LogP contribution is -2.17. The van der Waals surface area contributed by atoms with Gasteiger partial charge in [-0.25, -0.2) is 0 Å². The molecule has 0 bridgehead atoms. The molecule has 1 aromatic heterocycles. The van der Waals surface area contributed by atoms with Crippen molar-refractivity contribution in [1.82, 2.24) is 4.57 Å². The Hall–Kier alpha value is -7.16.